The highest BCUT2D eigenvalue weighted by Gasteiger charge is 2.07. The zero-order valence-electron chi connectivity index (χ0n) is 10.1. The summed E-state index contributed by atoms with van der Waals surface area (Å²) in [4.78, 5) is 0. The Kier molecular flexibility index (Phi) is 4.47. The summed E-state index contributed by atoms with van der Waals surface area (Å²) in [5.74, 6) is 1.64. The Balaban J connectivity index is 2.97. The monoisotopic (exact) mass is 208 g/mol. The molecule has 1 aromatic rings. The molecule has 0 aliphatic carbocycles. The summed E-state index contributed by atoms with van der Waals surface area (Å²) in [6.07, 6.45) is 3.55. The summed E-state index contributed by atoms with van der Waals surface area (Å²) in [5.41, 5.74) is 2.63. The summed E-state index contributed by atoms with van der Waals surface area (Å²) in [5, 5.41) is 0. The van der Waals surface area contributed by atoms with Gasteiger partial charge in [0.15, 0.2) is 11.5 Å². The molecular weight excluding hydrogens is 188 g/mol. The van der Waals surface area contributed by atoms with E-state index in [9.17, 15) is 0 Å². The van der Waals surface area contributed by atoms with Crippen molar-refractivity contribution in [1.82, 2.24) is 0 Å². The van der Waals surface area contributed by atoms with Gasteiger partial charge in [0.2, 0.25) is 0 Å². The molecule has 15 heavy (non-hydrogen) atoms. The summed E-state index contributed by atoms with van der Waals surface area (Å²) in [7, 11) is 3.35. The van der Waals surface area contributed by atoms with E-state index < -0.39 is 0 Å². The van der Waals surface area contributed by atoms with Crippen molar-refractivity contribution in [2.45, 2.75) is 33.1 Å². The van der Waals surface area contributed by atoms with Gasteiger partial charge in [-0.05, 0) is 43.0 Å². The fraction of sp³-hybridized carbons (Fsp3) is 0.538. The molecular formula is C13H20O2. The number of ether oxygens (including phenoxy) is 2. The summed E-state index contributed by atoms with van der Waals surface area (Å²) < 4.78 is 10.5. The molecule has 0 fully saturated rings. The smallest absolute Gasteiger partial charge is 0.161 e. The van der Waals surface area contributed by atoms with Crippen LogP contribution in [-0.2, 0) is 6.42 Å². The maximum Gasteiger partial charge on any atom is 0.161 e. The lowest BCUT2D eigenvalue weighted by Gasteiger charge is -2.12. The van der Waals surface area contributed by atoms with E-state index in [1.54, 1.807) is 14.2 Å². The highest BCUT2D eigenvalue weighted by Crippen LogP contribution is 2.30. The Hall–Kier alpha value is -1.18. The summed E-state index contributed by atoms with van der Waals surface area (Å²) in [6, 6.07) is 4.13. The Morgan fingerprint density at radius 3 is 2.20 bits per heavy atom. The third-order valence-corrected chi connectivity index (χ3v) is 2.64. The van der Waals surface area contributed by atoms with Gasteiger partial charge in [-0.25, -0.2) is 0 Å². The zero-order chi connectivity index (χ0) is 11.3. The normalized spacial score (nSPS) is 10.1. The molecule has 0 N–H and O–H groups in total. The number of benzene rings is 1. The van der Waals surface area contributed by atoms with Crippen LogP contribution in [0.4, 0.5) is 0 Å². The van der Waals surface area contributed by atoms with Crippen LogP contribution in [0.1, 0.15) is 30.9 Å². The molecule has 0 spiro atoms. The fourth-order valence-electron chi connectivity index (χ4n) is 1.66. The first-order valence-corrected chi connectivity index (χ1v) is 5.44. The molecule has 0 unspecified atom stereocenters. The standard InChI is InChI=1S/C13H20O2/c1-5-6-7-11-9-13(15-4)12(14-3)8-10(11)2/h8-9H,5-7H2,1-4H3. The number of methoxy groups -OCH3 is 2. The second-order valence-corrected chi connectivity index (χ2v) is 3.74. The van der Waals surface area contributed by atoms with Gasteiger partial charge in [0, 0.05) is 0 Å². The molecule has 1 rings (SSSR count). The van der Waals surface area contributed by atoms with E-state index in [1.165, 1.54) is 24.0 Å². The topological polar surface area (TPSA) is 18.5 Å². The molecule has 0 bridgehead atoms. The van der Waals surface area contributed by atoms with E-state index in [2.05, 4.69) is 19.9 Å². The Labute approximate surface area is 92.2 Å². The Bertz CT molecular complexity index is 319. The highest BCUT2D eigenvalue weighted by molar-refractivity contribution is 5.47. The van der Waals surface area contributed by atoms with Crippen LogP contribution in [0, 0.1) is 6.92 Å². The zero-order valence-corrected chi connectivity index (χ0v) is 10.1. The molecule has 2 nitrogen and oxygen atoms in total. The molecule has 0 radical (unpaired) electrons. The van der Waals surface area contributed by atoms with Crippen LogP contribution in [0.15, 0.2) is 12.1 Å². The molecule has 0 amide bonds. The average molecular weight is 208 g/mol. The van der Waals surface area contributed by atoms with Crippen molar-refractivity contribution in [2.24, 2.45) is 0 Å². The molecule has 1 aromatic carbocycles. The lowest BCUT2D eigenvalue weighted by atomic mass is 10.0. The minimum Gasteiger partial charge on any atom is -0.493 e. The van der Waals surface area contributed by atoms with Gasteiger partial charge >= 0.3 is 0 Å². The van der Waals surface area contributed by atoms with E-state index >= 15 is 0 Å². The Morgan fingerprint density at radius 1 is 1.07 bits per heavy atom. The van der Waals surface area contributed by atoms with Crippen LogP contribution in [-0.4, -0.2) is 14.2 Å². The van der Waals surface area contributed by atoms with Crippen molar-refractivity contribution >= 4 is 0 Å². The number of hydrogen-bond donors (Lipinski definition) is 0. The maximum absolute atomic E-state index is 5.29. The van der Waals surface area contributed by atoms with E-state index in [0.29, 0.717) is 0 Å². The van der Waals surface area contributed by atoms with Crippen LogP contribution in [0.5, 0.6) is 11.5 Å². The maximum atomic E-state index is 5.29. The first-order chi connectivity index (χ1) is 7.22. The predicted octanol–water partition coefficient (Wildman–Crippen LogP) is 3.35. The molecule has 2 heteroatoms. The van der Waals surface area contributed by atoms with E-state index in [1.807, 2.05) is 6.07 Å². The lowest BCUT2D eigenvalue weighted by molar-refractivity contribution is 0.354. The van der Waals surface area contributed by atoms with Gasteiger partial charge in [0.1, 0.15) is 0 Å². The summed E-state index contributed by atoms with van der Waals surface area (Å²) in [6.45, 7) is 4.32. The van der Waals surface area contributed by atoms with Crippen LogP contribution in [0.2, 0.25) is 0 Å². The molecule has 84 valence electrons. The van der Waals surface area contributed by atoms with Gasteiger partial charge in [-0.15, -0.1) is 0 Å². The fourth-order valence-corrected chi connectivity index (χ4v) is 1.66. The van der Waals surface area contributed by atoms with Gasteiger partial charge < -0.3 is 9.47 Å². The quantitative estimate of drug-likeness (QED) is 0.738. The van der Waals surface area contributed by atoms with Crippen molar-refractivity contribution in [3.05, 3.63) is 23.3 Å². The van der Waals surface area contributed by atoms with Crippen molar-refractivity contribution in [3.8, 4) is 11.5 Å². The molecule has 0 aliphatic rings. The van der Waals surface area contributed by atoms with E-state index in [4.69, 9.17) is 9.47 Å². The Morgan fingerprint density at radius 2 is 1.67 bits per heavy atom. The van der Waals surface area contributed by atoms with Gasteiger partial charge in [0.05, 0.1) is 14.2 Å². The molecule has 0 aliphatic heterocycles. The number of hydrogen-bond acceptors (Lipinski definition) is 2. The predicted molar refractivity (Wildman–Crippen MR) is 62.9 cm³/mol. The highest BCUT2D eigenvalue weighted by atomic mass is 16.5. The van der Waals surface area contributed by atoms with Crippen LogP contribution in [0.3, 0.4) is 0 Å². The van der Waals surface area contributed by atoms with Crippen molar-refractivity contribution in [3.63, 3.8) is 0 Å². The van der Waals surface area contributed by atoms with Gasteiger partial charge in [-0.1, -0.05) is 13.3 Å². The van der Waals surface area contributed by atoms with Crippen molar-refractivity contribution in [1.29, 1.82) is 0 Å². The van der Waals surface area contributed by atoms with Crippen LogP contribution >= 0.6 is 0 Å². The minimum absolute atomic E-state index is 0.815. The van der Waals surface area contributed by atoms with Crippen molar-refractivity contribution in [2.75, 3.05) is 14.2 Å². The van der Waals surface area contributed by atoms with Crippen LogP contribution < -0.4 is 9.47 Å². The SMILES string of the molecule is CCCCc1cc(OC)c(OC)cc1C. The minimum atomic E-state index is 0.815. The largest absolute Gasteiger partial charge is 0.493 e. The van der Waals surface area contributed by atoms with Gasteiger partial charge in [-0.3, -0.25) is 0 Å². The van der Waals surface area contributed by atoms with E-state index in [-0.39, 0.29) is 0 Å². The molecule has 0 aromatic heterocycles. The van der Waals surface area contributed by atoms with Gasteiger partial charge in [-0.2, -0.15) is 0 Å². The summed E-state index contributed by atoms with van der Waals surface area (Å²) >= 11 is 0. The first-order valence-electron chi connectivity index (χ1n) is 5.44. The average Bonchev–Trinajstić information content (AvgIpc) is 2.27. The lowest BCUT2D eigenvalue weighted by Crippen LogP contribution is -1.96. The van der Waals surface area contributed by atoms with Crippen LogP contribution in [0.25, 0.3) is 0 Å². The van der Waals surface area contributed by atoms with Gasteiger partial charge in [0.25, 0.3) is 0 Å². The second-order valence-electron chi connectivity index (χ2n) is 3.74. The number of aryl methyl sites for hydroxylation is 2. The second kappa shape index (κ2) is 5.64. The van der Waals surface area contributed by atoms with Crippen molar-refractivity contribution < 1.29 is 9.47 Å². The first kappa shape index (κ1) is 11.9. The molecule has 0 heterocycles. The third-order valence-electron chi connectivity index (χ3n) is 2.64. The number of rotatable bonds is 5. The molecule has 0 saturated carbocycles. The van der Waals surface area contributed by atoms with E-state index in [0.717, 1.165) is 17.9 Å². The molecule has 0 saturated heterocycles. The third kappa shape index (κ3) is 2.88. The molecule has 0 atom stereocenters. The number of unbranched alkanes of at least 4 members (excludes halogenated alkanes) is 1.